The molecule has 1 amide bonds. The van der Waals surface area contributed by atoms with E-state index in [1.165, 1.54) is 32.1 Å². The second-order valence-electron chi connectivity index (χ2n) is 13.4. The van der Waals surface area contributed by atoms with Crippen molar-refractivity contribution in [1.82, 2.24) is 5.32 Å². The number of Topliss-reactive ketones (excluding diaryl/α,β-unsaturated/α-hetero) is 1. The van der Waals surface area contributed by atoms with Gasteiger partial charge < -0.3 is 39.2 Å². The van der Waals surface area contributed by atoms with Crippen molar-refractivity contribution >= 4 is 11.7 Å². The highest BCUT2D eigenvalue weighted by Crippen LogP contribution is 2.39. The van der Waals surface area contributed by atoms with Gasteiger partial charge in [0.1, 0.15) is 24.2 Å². The van der Waals surface area contributed by atoms with Crippen molar-refractivity contribution in [2.75, 3.05) is 19.8 Å². The molecule has 2 aromatic rings. The van der Waals surface area contributed by atoms with Gasteiger partial charge in [0.2, 0.25) is 5.91 Å². The molecule has 10 nitrogen and oxygen atoms in total. The molecule has 5 rings (SSSR count). The van der Waals surface area contributed by atoms with E-state index in [0.29, 0.717) is 12.0 Å². The van der Waals surface area contributed by atoms with E-state index in [4.69, 9.17) is 23.7 Å². The zero-order chi connectivity index (χ0) is 33.9. The summed E-state index contributed by atoms with van der Waals surface area (Å²) in [5.41, 5.74) is 1.21. The maximum Gasteiger partial charge on any atom is 0.220 e. The molecule has 3 heterocycles. The molecule has 48 heavy (non-hydrogen) atoms. The first-order valence-corrected chi connectivity index (χ1v) is 17.8. The lowest BCUT2D eigenvalue weighted by atomic mass is 9.84. The van der Waals surface area contributed by atoms with Gasteiger partial charge in [-0.15, -0.1) is 0 Å². The molecule has 0 radical (unpaired) electrons. The predicted molar refractivity (Wildman–Crippen MR) is 179 cm³/mol. The maximum absolute atomic E-state index is 14.1. The average molecular weight is 668 g/mol. The van der Waals surface area contributed by atoms with E-state index in [0.717, 1.165) is 24.8 Å². The molecule has 10 heteroatoms. The zero-order valence-electron chi connectivity index (χ0n) is 28.3. The van der Waals surface area contributed by atoms with Gasteiger partial charge >= 0.3 is 0 Å². The standard InChI is InChI=1S/C38H53NO9/c1-3-4-5-6-7-8-9-16-21-30(41)39-32-28(22-40)44-23-25(2)35(32)47-38-31(33(42)26-17-12-10-13-18-26)34(43)36-29(46-38)24-45-37(48-36)27-19-14-11-15-20-27/h10-15,17-20,25,28-29,31-32,34-38,40,43H,3-9,16,21-24H2,1-2H3,(H,39,41)/t25?,28?,29?,31?,32-,34+,35+,36-,37?,38+/m0/s1. The number of hydrogen-bond donors (Lipinski definition) is 3. The molecule has 2 aromatic carbocycles. The minimum absolute atomic E-state index is 0.120. The number of fused-ring (bicyclic) bond motifs is 1. The molecule has 3 fully saturated rings. The Bertz CT molecular complexity index is 1260. The highest BCUT2D eigenvalue weighted by atomic mass is 16.7. The van der Waals surface area contributed by atoms with Crippen LogP contribution in [0.4, 0.5) is 0 Å². The number of aliphatic hydroxyl groups excluding tert-OH is 2. The number of carbonyl (C=O) groups excluding carboxylic acids is 2. The van der Waals surface area contributed by atoms with E-state index >= 15 is 0 Å². The van der Waals surface area contributed by atoms with E-state index in [-0.39, 0.29) is 37.4 Å². The smallest absolute Gasteiger partial charge is 0.220 e. The number of unbranched alkanes of at least 4 members (excludes halogenated alkanes) is 7. The molecule has 3 saturated heterocycles. The van der Waals surface area contributed by atoms with Crippen LogP contribution < -0.4 is 5.32 Å². The molecule has 0 bridgehead atoms. The second-order valence-corrected chi connectivity index (χ2v) is 13.4. The van der Waals surface area contributed by atoms with Crippen molar-refractivity contribution in [2.24, 2.45) is 11.8 Å². The molecular weight excluding hydrogens is 614 g/mol. The van der Waals surface area contributed by atoms with Crippen LogP contribution in [0.1, 0.15) is 93.8 Å². The summed E-state index contributed by atoms with van der Waals surface area (Å²) in [5, 5.41) is 25.1. The summed E-state index contributed by atoms with van der Waals surface area (Å²) >= 11 is 0. The van der Waals surface area contributed by atoms with E-state index in [1.807, 2.05) is 43.3 Å². The molecule has 3 aliphatic heterocycles. The average Bonchev–Trinajstić information content (AvgIpc) is 3.11. The van der Waals surface area contributed by atoms with E-state index in [2.05, 4.69) is 12.2 Å². The first-order chi connectivity index (χ1) is 23.4. The highest BCUT2D eigenvalue weighted by molar-refractivity contribution is 5.98. The number of hydrogen-bond acceptors (Lipinski definition) is 9. The molecule has 0 aliphatic carbocycles. The first kappa shape index (κ1) is 36.6. The molecule has 0 spiro atoms. The monoisotopic (exact) mass is 667 g/mol. The van der Waals surface area contributed by atoms with Gasteiger partial charge in [-0.1, -0.05) is 119 Å². The Hall–Kier alpha value is -2.70. The Morgan fingerprint density at radius 1 is 0.875 bits per heavy atom. The third-order valence-corrected chi connectivity index (χ3v) is 9.74. The van der Waals surface area contributed by atoms with Gasteiger partial charge in [0, 0.05) is 23.5 Å². The van der Waals surface area contributed by atoms with Crippen LogP contribution in [0.15, 0.2) is 60.7 Å². The number of nitrogens with one attached hydrogen (secondary N) is 1. The minimum atomic E-state index is -1.27. The maximum atomic E-state index is 14.1. The minimum Gasteiger partial charge on any atom is -0.394 e. The molecule has 3 N–H and O–H groups in total. The van der Waals surface area contributed by atoms with Crippen molar-refractivity contribution in [2.45, 2.75) is 121 Å². The van der Waals surface area contributed by atoms with Crippen LogP contribution in [0.25, 0.3) is 0 Å². The number of carbonyl (C=O) groups is 2. The summed E-state index contributed by atoms with van der Waals surface area (Å²) in [6.45, 7) is 4.23. The Morgan fingerprint density at radius 3 is 2.23 bits per heavy atom. The Balaban J connectivity index is 1.30. The van der Waals surface area contributed by atoms with Crippen molar-refractivity contribution in [3.05, 3.63) is 71.8 Å². The number of ketones is 1. The van der Waals surface area contributed by atoms with Crippen molar-refractivity contribution < 1.29 is 43.5 Å². The quantitative estimate of drug-likeness (QED) is 0.165. The van der Waals surface area contributed by atoms with Gasteiger partial charge in [0.05, 0.1) is 38.1 Å². The largest absolute Gasteiger partial charge is 0.394 e. The van der Waals surface area contributed by atoms with Crippen molar-refractivity contribution in [3.63, 3.8) is 0 Å². The topological polar surface area (TPSA) is 133 Å². The molecule has 5 unspecified atom stereocenters. The van der Waals surface area contributed by atoms with Crippen molar-refractivity contribution in [1.29, 1.82) is 0 Å². The zero-order valence-corrected chi connectivity index (χ0v) is 28.3. The van der Waals surface area contributed by atoms with Gasteiger partial charge in [-0.3, -0.25) is 9.59 Å². The molecule has 0 aromatic heterocycles. The first-order valence-electron chi connectivity index (χ1n) is 17.8. The summed E-state index contributed by atoms with van der Waals surface area (Å²) in [7, 11) is 0. The summed E-state index contributed by atoms with van der Waals surface area (Å²) in [4.78, 5) is 27.2. The molecule has 3 aliphatic rings. The fourth-order valence-electron chi connectivity index (χ4n) is 6.99. The Kier molecular flexibility index (Phi) is 14.0. The molecular formula is C38H53NO9. The van der Waals surface area contributed by atoms with Crippen LogP contribution in [0.2, 0.25) is 0 Å². The predicted octanol–water partition coefficient (Wildman–Crippen LogP) is 5.11. The lowest BCUT2D eigenvalue weighted by Crippen LogP contribution is -2.65. The molecule has 264 valence electrons. The van der Waals surface area contributed by atoms with E-state index < -0.39 is 55.1 Å². The van der Waals surface area contributed by atoms with Gasteiger partial charge in [-0.2, -0.15) is 0 Å². The lowest BCUT2D eigenvalue weighted by molar-refractivity contribution is -0.357. The fourth-order valence-corrected chi connectivity index (χ4v) is 6.99. The normalized spacial score (nSPS) is 31.9. The summed E-state index contributed by atoms with van der Waals surface area (Å²) in [6, 6.07) is 17.5. The van der Waals surface area contributed by atoms with Gasteiger partial charge in [0.15, 0.2) is 18.4 Å². The number of ether oxygens (including phenoxy) is 5. The van der Waals surface area contributed by atoms with Gasteiger partial charge in [0.25, 0.3) is 0 Å². The highest BCUT2D eigenvalue weighted by Gasteiger charge is 2.54. The summed E-state index contributed by atoms with van der Waals surface area (Å²) in [5.74, 6) is -1.82. The fraction of sp³-hybridized carbons (Fsp3) is 0.632. The van der Waals surface area contributed by atoms with Crippen LogP contribution >= 0.6 is 0 Å². The molecule has 10 atom stereocenters. The van der Waals surface area contributed by atoms with Crippen molar-refractivity contribution in [3.8, 4) is 0 Å². The van der Waals surface area contributed by atoms with Crippen LogP contribution in [-0.4, -0.2) is 84.6 Å². The number of benzene rings is 2. The molecule has 0 saturated carbocycles. The van der Waals surface area contributed by atoms with Crippen LogP contribution in [0.5, 0.6) is 0 Å². The summed E-state index contributed by atoms with van der Waals surface area (Å²) in [6.07, 6.45) is 3.29. The van der Waals surface area contributed by atoms with Crippen LogP contribution in [0.3, 0.4) is 0 Å². The van der Waals surface area contributed by atoms with Crippen LogP contribution in [-0.2, 0) is 28.5 Å². The second kappa shape index (κ2) is 18.3. The Labute approximate surface area is 284 Å². The Morgan fingerprint density at radius 2 is 1.54 bits per heavy atom. The van der Waals surface area contributed by atoms with E-state index in [9.17, 15) is 19.8 Å². The van der Waals surface area contributed by atoms with Gasteiger partial charge in [-0.25, -0.2) is 0 Å². The van der Waals surface area contributed by atoms with Gasteiger partial charge in [-0.05, 0) is 6.42 Å². The lowest BCUT2D eigenvalue weighted by Gasteiger charge is -2.49. The third kappa shape index (κ3) is 9.29. The van der Waals surface area contributed by atoms with E-state index in [1.54, 1.807) is 24.3 Å². The number of amides is 1. The third-order valence-electron chi connectivity index (χ3n) is 9.74. The number of aliphatic hydroxyl groups is 2. The SMILES string of the molecule is CCCCCCCCCCC(=O)N[C@H]1C(CO)OCC(C)[C@H]1O[C@H]1OC2COC(c3ccccc3)O[C@@H]2[C@H](O)C1C(=O)c1ccccc1. The summed E-state index contributed by atoms with van der Waals surface area (Å²) < 4.78 is 31.2. The number of rotatable bonds is 16. The van der Waals surface area contributed by atoms with Crippen LogP contribution in [0, 0.1) is 11.8 Å².